The summed E-state index contributed by atoms with van der Waals surface area (Å²) in [5.41, 5.74) is 4.77. The van der Waals surface area contributed by atoms with E-state index in [2.05, 4.69) is 30.6 Å². The number of ether oxygens (including phenoxy) is 1. The molecular formula is C7H8BrN3O2. The van der Waals surface area contributed by atoms with E-state index in [0.717, 1.165) is 4.47 Å². The van der Waals surface area contributed by atoms with Gasteiger partial charge in [-0.3, -0.25) is 0 Å². The van der Waals surface area contributed by atoms with Crippen LogP contribution in [0.25, 0.3) is 0 Å². The van der Waals surface area contributed by atoms with E-state index in [4.69, 9.17) is 5.73 Å². The van der Waals surface area contributed by atoms with Crippen LogP contribution < -0.4 is 5.73 Å². The van der Waals surface area contributed by atoms with Gasteiger partial charge in [0, 0.05) is 18.8 Å². The topological polar surface area (TPSA) is 78.1 Å². The standard InChI is InChI=1S/C7H8BrN3O2/c8-5-3-10-6(11-4-5)1-2-13-7(9)12/h3-4H,1-2H2,(H2,9,12). The van der Waals surface area contributed by atoms with Crippen LogP contribution in [0.3, 0.4) is 0 Å². The molecule has 1 amide bonds. The maximum Gasteiger partial charge on any atom is 0.404 e. The summed E-state index contributed by atoms with van der Waals surface area (Å²) in [5.74, 6) is 0.615. The second-order valence-electron chi connectivity index (χ2n) is 2.24. The van der Waals surface area contributed by atoms with Gasteiger partial charge in [-0.25, -0.2) is 14.8 Å². The van der Waals surface area contributed by atoms with E-state index in [1.807, 2.05) is 0 Å². The average Bonchev–Trinajstić information content (AvgIpc) is 2.08. The minimum atomic E-state index is -0.780. The lowest BCUT2D eigenvalue weighted by molar-refractivity contribution is 0.157. The zero-order valence-electron chi connectivity index (χ0n) is 6.74. The van der Waals surface area contributed by atoms with E-state index < -0.39 is 6.09 Å². The molecule has 0 aliphatic heterocycles. The number of hydrogen-bond donors (Lipinski definition) is 1. The number of aromatic nitrogens is 2. The van der Waals surface area contributed by atoms with Crippen LogP contribution in [0, 0.1) is 0 Å². The second-order valence-corrected chi connectivity index (χ2v) is 3.15. The molecule has 13 heavy (non-hydrogen) atoms. The monoisotopic (exact) mass is 245 g/mol. The van der Waals surface area contributed by atoms with Gasteiger partial charge < -0.3 is 10.5 Å². The second kappa shape index (κ2) is 4.76. The van der Waals surface area contributed by atoms with E-state index in [0.29, 0.717) is 12.2 Å². The predicted octanol–water partition coefficient (Wildman–Crippen LogP) is 0.877. The summed E-state index contributed by atoms with van der Waals surface area (Å²) >= 11 is 3.21. The fourth-order valence-electron chi connectivity index (χ4n) is 0.711. The van der Waals surface area contributed by atoms with Gasteiger partial charge in [-0.1, -0.05) is 0 Å². The summed E-state index contributed by atoms with van der Waals surface area (Å²) in [5, 5.41) is 0. The molecular weight excluding hydrogens is 238 g/mol. The predicted molar refractivity (Wildman–Crippen MR) is 49.0 cm³/mol. The lowest BCUT2D eigenvalue weighted by Crippen LogP contribution is -2.15. The first kappa shape index (κ1) is 9.91. The molecule has 0 saturated heterocycles. The van der Waals surface area contributed by atoms with Crippen LogP contribution in [0.15, 0.2) is 16.9 Å². The molecule has 0 saturated carbocycles. The fraction of sp³-hybridized carbons (Fsp3) is 0.286. The SMILES string of the molecule is NC(=O)OCCc1ncc(Br)cn1. The number of primary amides is 1. The van der Waals surface area contributed by atoms with E-state index in [-0.39, 0.29) is 6.61 Å². The molecule has 1 heterocycles. The zero-order valence-corrected chi connectivity index (χ0v) is 8.32. The molecule has 2 N–H and O–H groups in total. The molecule has 1 rings (SSSR count). The Morgan fingerprint density at radius 3 is 2.69 bits per heavy atom. The Balaban J connectivity index is 2.37. The maximum absolute atomic E-state index is 10.2. The number of carbonyl (C=O) groups excluding carboxylic acids is 1. The fourth-order valence-corrected chi connectivity index (χ4v) is 0.916. The first-order valence-electron chi connectivity index (χ1n) is 3.57. The van der Waals surface area contributed by atoms with Crippen LogP contribution in [0.1, 0.15) is 5.82 Å². The molecule has 6 heteroatoms. The number of nitrogens with two attached hydrogens (primary N) is 1. The van der Waals surface area contributed by atoms with Crippen molar-refractivity contribution in [1.82, 2.24) is 9.97 Å². The van der Waals surface area contributed by atoms with Crippen LogP contribution in [0.5, 0.6) is 0 Å². The number of rotatable bonds is 3. The first-order valence-corrected chi connectivity index (χ1v) is 4.36. The van der Waals surface area contributed by atoms with Gasteiger partial charge in [0.25, 0.3) is 0 Å². The molecule has 0 aliphatic carbocycles. The summed E-state index contributed by atoms with van der Waals surface area (Å²) in [6, 6.07) is 0. The van der Waals surface area contributed by atoms with E-state index in [1.54, 1.807) is 12.4 Å². The number of nitrogens with zero attached hydrogens (tertiary/aromatic N) is 2. The smallest absolute Gasteiger partial charge is 0.404 e. The molecule has 5 nitrogen and oxygen atoms in total. The molecule has 0 spiro atoms. The van der Waals surface area contributed by atoms with Gasteiger partial charge in [-0.05, 0) is 15.9 Å². The Labute approximate surface area is 83.4 Å². The molecule has 0 aliphatic rings. The highest BCUT2D eigenvalue weighted by Gasteiger charge is 1.98. The normalized spacial score (nSPS) is 9.62. The van der Waals surface area contributed by atoms with Crippen LogP contribution in [-0.4, -0.2) is 22.7 Å². The number of carbonyl (C=O) groups is 1. The van der Waals surface area contributed by atoms with Crippen molar-refractivity contribution in [1.29, 1.82) is 0 Å². The van der Waals surface area contributed by atoms with Crippen molar-refractivity contribution < 1.29 is 9.53 Å². The lowest BCUT2D eigenvalue weighted by Gasteiger charge is -1.99. The molecule has 0 bridgehead atoms. The van der Waals surface area contributed by atoms with Gasteiger partial charge in [-0.2, -0.15) is 0 Å². The summed E-state index contributed by atoms with van der Waals surface area (Å²) in [6.45, 7) is 0.205. The van der Waals surface area contributed by atoms with Gasteiger partial charge in [0.15, 0.2) is 0 Å². The van der Waals surface area contributed by atoms with Gasteiger partial charge >= 0.3 is 6.09 Å². The van der Waals surface area contributed by atoms with Crippen molar-refractivity contribution in [3.8, 4) is 0 Å². The van der Waals surface area contributed by atoms with Crippen LogP contribution in [0.4, 0.5) is 4.79 Å². The molecule has 0 fully saturated rings. The Bertz CT molecular complexity index is 288. The molecule has 70 valence electrons. The highest BCUT2D eigenvalue weighted by Crippen LogP contribution is 2.04. The quantitative estimate of drug-likeness (QED) is 0.858. The first-order chi connectivity index (χ1) is 6.18. The van der Waals surface area contributed by atoms with Gasteiger partial charge in [0.05, 0.1) is 4.47 Å². The van der Waals surface area contributed by atoms with Crippen LogP contribution in [0.2, 0.25) is 0 Å². The zero-order chi connectivity index (χ0) is 9.68. The minimum absolute atomic E-state index is 0.205. The van der Waals surface area contributed by atoms with Crippen molar-refractivity contribution in [2.24, 2.45) is 5.73 Å². The molecule has 0 aromatic carbocycles. The third-order valence-electron chi connectivity index (χ3n) is 1.24. The highest BCUT2D eigenvalue weighted by atomic mass is 79.9. The third-order valence-corrected chi connectivity index (χ3v) is 1.65. The minimum Gasteiger partial charge on any atom is -0.449 e. The molecule has 1 aromatic heterocycles. The lowest BCUT2D eigenvalue weighted by atomic mass is 10.4. The van der Waals surface area contributed by atoms with Crippen LogP contribution >= 0.6 is 15.9 Å². The van der Waals surface area contributed by atoms with Gasteiger partial charge in [0.1, 0.15) is 12.4 Å². The van der Waals surface area contributed by atoms with Crippen molar-refractivity contribution in [3.63, 3.8) is 0 Å². The van der Waals surface area contributed by atoms with E-state index in [1.165, 1.54) is 0 Å². The number of hydrogen-bond acceptors (Lipinski definition) is 4. The summed E-state index contributed by atoms with van der Waals surface area (Å²) in [6.07, 6.45) is 2.95. The number of amides is 1. The molecule has 1 aromatic rings. The van der Waals surface area contributed by atoms with E-state index in [9.17, 15) is 4.79 Å². The van der Waals surface area contributed by atoms with Crippen LogP contribution in [-0.2, 0) is 11.2 Å². The van der Waals surface area contributed by atoms with Crippen molar-refractivity contribution in [3.05, 3.63) is 22.7 Å². The van der Waals surface area contributed by atoms with Crippen molar-refractivity contribution >= 4 is 22.0 Å². The van der Waals surface area contributed by atoms with Gasteiger partial charge in [0.2, 0.25) is 0 Å². The highest BCUT2D eigenvalue weighted by molar-refractivity contribution is 9.10. The Hall–Kier alpha value is -1.17. The molecule has 0 unspecified atom stereocenters. The van der Waals surface area contributed by atoms with E-state index >= 15 is 0 Å². The van der Waals surface area contributed by atoms with Gasteiger partial charge in [-0.15, -0.1) is 0 Å². The summed E-state index contributed by atoms with van der Waals surface area (Å²) in [7, 11) is 0. The molecule has 0 radical (unpaired) electrons. The third kappa shape index (κ3) is 3.84. The average molecular weight is 246 g/mol. The number of halogens is 1. The maximum atomic E-state index is 10.2. The largest absolute Gasteiger partial charge is 0.449 e. The van der Waals surface area contributed by atoms with Crippen molar-refractivity contribution in [2.75, 3.05) is 6.61 Å². The Morgan fingerprint density at radius 1 is 1.54 bits per heavy atom. The molecule has 0 atom stereocenters. The van der Waals surface area contributed by atoms with Crippen molar-refractivity contribution in [2.45, 2.75) is 6.42 Å². The Morgan fingerprint density at radius 2 is 2.15 bits per heavy atom. The Kier molecular flexibility index (Phi) is 3.63. The summed E-state index contributed by atoms with van der Waals surface area (Å²) < 4.78 is 5.34. The summed E-state index contributed by atoms with van der Waals surface area (Å²) in [4.78, 5) is 18.2.